The number of anilines is 1. The van der Waals surface area contributed by atoms with Crippen LogP contribution in [0.4, 0.5) is 18.9 Å². The van der Waals surface area contributed by atoms with Crippen LogP contribution >= 0.6 is 11.6 Å². The zero-order valence-corrected chi connectivity index (χ0v) is 11.9. The highest BCUT2D eigenvalue weighted by molar-refractivity contribution is 6.31. The van der Waals surface area contributed by atoms with Crippen molar-refractivity contribution < 1.29 is 18.0 Å². The topological polar surface area (TPSA) is 57.8 Å². The van der Waals surface area contributed by atoms with E-state index in [-0.39, 0.29) is 5.69 Å². The molecule has 1 aromatic carbocycles. The molecule has 21 heavy (non-hydrogen) atoms. The average Bonchev–Trinajstić information content (AvgIpc) is 2.70. The number of alkyl halides is 3. The van der Waals surface area contributed by atoms with Crippen LogP contribution in [0, 0.1) is 13.8 Å². The highest BCUT2D eigenvalue weighted by atomic mass is 35.5. The second-order valence-electron chi connectivity index (χ2n) is 4.46. The van der Waals surface area contributed by atoms with Crippen molar-refractivity contribution in [2.75, 3.05) is 5.32 Å². The molecule has 0 saturated heterocycles. The predicted octanol–water partition coefficient (Wildman–Crippen LogP) is 3.95. The quantitative estimate of drug-likeness (QED) is 0.881. The lowest BCUT2D eigenvalue weighted by Crippen LogP contribution is -2.15. The monoisotopic (exact) mass is 317 g/mol. The van der Waals surface area contributed by atoms with Gasteiger partial charge in [0.25, 0.3) is 5.91 Å². The summed E-state index contributed by atoms with van der Waals surface area (Å²) in [6.07, 6.45) is -4.58. The van der Waals surface area contributed by atoms with E-state index in [0.29, 0.717) is 17.0 Å². The van der Waals surface area contributed by atoms with Crippen LogP contribution in [-0.2, 0) is 6.18 Å². The van der Waals surface area contributed by atoms with Crippen LogP contribution in [0.15, 0.2) is 18.2 Å². The maximum absolute atomic E-state index is 12.8. The van der Waals surface area contributed by atoms with E-state index in [2.05, 4.69) is 15.5 Å². The molecule has 0 aliphatic carbocycles. The van der Waals surface area contributed by atoms with E-state index in [0.717, 1.165) is 12.1 Å². The Hall–Kier alpha value is -2.02. The molecule has 0 saturated carbocycles. The molecule has 2 N–H and O–H groups in total. The number of nitrogens with zero attached hydrogens (tertiary/aromatic N) is 1. The second-order valence-corrected chi connectivity index (χ2v) is 4.86. The number of aromatic nitrogens is 2. The van der Waals surface area contributed by atoms with E-state index in [1.807, 2.05) is 0 Å². The number of nitrogens with one attached hydrogen (secondary N) is 2. The first kappa shape index (κ1) is 15.4. The molecule has 2 aromatic rings. The predicted molar refractivity (Wildman–Crippen MR) is 72.5 cm³/mol. The molecule has 1 heterocycles. The van der Waals surface area contributed by atoms with Gasteiger partial charge in [0.1, 0.15) is 0 Å². The molecule has 0 atom stereocenters. The van der Waals surface area contributed by atoms with Gasteiger partial charge in [-0.3, -0.25) is 9.89 Å². The van der Waals surface area contributed by atoms with Gasteiger partial charge in [-0.1, -0.05) is 11.6 Å². The van der Waals surface area contributed by atoms with Crippen molar-refractivity contribution in [2.45, 2.75) is 20.0 Å². The molecule has 0 radical (unpaired) electrons. The third-order valence-electron chi connectivity index (χ3n) is 2.88. The zero-order chi connectivity index (χ0) is 15.8. The van der Waals surface area contributed by atoms with Crippen LogP contribution in [0.3, 0.4) is 0 Å². The normalized spacial score (nSPS) is 11.5. The van der Waals surface area contributed by atoms with E-state index in [9.17, 15) is 18.0 Å². The molecule has 1 amide bonds. The molecule has 0 aliphatic rings. The lowest BCUT2D eigenvalue weighted by Gasteiger charge is -2.11. The molecule has 4 nitrogen and oxygen atoms in total. The van der Waals surface area contributed by atoms with E-state index < -0.39 is 22.7 Å². The van der Waals surface area contributed by atoms with Gasteiger partial charge >= 0.3 is 6.18 Å². The van der Waals surface area contributed by atoms with Crippen molar-refractivity contribution in [3.63, 3.8) is 0 Å². The summed E-state index contributed by atoms with van der Waals surface area (Å²) in [5.41, 5.74) is 0.322. The van der Waals surface area contributed by atoms with Crippen molar-refractivity contribution in [3.8, 4) is 0 Å². The Labute approximate surface area is 123 Å². The first-order chi connectivity index (χ1) is 9.70. The maximum atomic E-state index is 12.8. The fraction of sp³-hybridized carbons (Fsp3) is 0.231. The molecule has 0 fully saturated rings. The van der Waals surface area contributed by atoms with E-state index in [1.165, 1.54) is 6.07 Å². The first-order valence-electron chi connectivity index (χ1n) is 5.90. The van der Waals surface area contributed by atoms with Crippen LogP contribution in [0.5, 0.6) is 0 Å². The van der Waals surface area contributed by atoms with Gasteiger partial charge in [0, 0.05) is 11.4 Å². The lowest BCUT2D eigenvalue weighted by molar-refractivity contribution is -0.137. The Morgan fingerprint density at radius 3 is 2.52 bits per heavy atom. The summed E-state index contributed by atoms with van der Waals surface area (Å²) in [5, 5.41) is 8.49. The van der Waals surface area contributed by atoms with E-state index in [1.54, 1.807) is 13.8 Å². The molecule has 112 valence electrons. The standard InChI is InChI=1S/C13H11ClF3N3O/c1-6-11(7(2)20-19-6)12(21)18-8-3-4-10(14)9(5-8)13(15,16)17/h3-5H,1-2H3,(H,18,21)(H,19,20). The van der Waals surface area contributed by atoms with Gasteiger partial charge in [-0.25, -0.2) is 0 Å². The summed E-state index contributed by atoms with van der Waals surface area (Å²) < 4.78 is 38.3. The van der Waals surface area contributed by atoms with Crippen LogP contribution in [0.2, 0.25) is 5.02 Å². The number of rotatable bonds is 2. The Morgan fingerprint density at radius 1 is 1.33 bits per heavy atom. The minimum Gasteiger partial charge on any atom is -0.322 e. The Balaban J connectivity index is 2.31. The number of hydrogen-bond donors (Lipinski definition) is 2. The van der Waals surface area contributed by atoms with Crippen LogP contribution < -0.4 is 5.32 Å². The number of benzene rings is 1. The first-order valence-corrected chi connectivity index (χ1v) is 6.27. The second kappa shape index (κ2) is 5.40. The van der Waals surface area contributed by atoms with Gasteiger partial charge < -0.3 is 5.32 Å². The fourth-order valence-electron chi connectivity index (χ4n) is 1.90. The molecule has 0 bridgehead atoms. The van der Waals surface area contributed by atoms with Crippen molar-refractivity contribution in [3.05, 3.63) is 45.7 Å². The summed E-state index contributed by atoms with van der Waals surface area (Å²) in [6, 6.07) is 3.19. The van der Waals surface area contributed by atoms with Crippen LogP contribution in [-0.4, -0.2) is 16.1 Å². The van der Waals surface area contributed by atoms with Crippen molar-refractivity contribution in [2.24, 2.45) is 0 Å². The number of aromatic amines is 1. The maximum Gasteiger partial charge on any atom is 0.417 e. The largest absolute Gasteiger partial charge is 0.417 e. The number of hydrogen-bond acceptors (Lipinski definition) is 2. The summed E-state index contributed by atoms with van der Waals surface area (Å²) in [5.74, 6) is -0.533. The number of H-pyrrole nitrogens is 1. The van der Waals surface area contributed by atoms with E-state index >= 15 is 0 Å². The van der Waals surface area contributed by atoms with Gasteiger partial charge in [-0.05, 0) is 32.0 Å². The van der Waals surface area contributed by atoms with Crippen molar-refractivity contribution in [1.29, 1.82) is 0 Å². The van der Waals surface area contributed by atoms with Crippen molar-refractivity contribution >= 4 is 23.2 Å². The van der Waals surface area contributed by atoms with Gasteiger partial charge in [0.2, 0.25) is 0 Å². The van der Waals surface area contributed by atoms with Crippen LogP contribution in [0.1, 0.15) is 27.3 Å². The molecule has 1 aromatic heterocycles. The number of amides is 1. The summed E-state index contributed by atoms with van der Waals surface area (Å²) in [4.78, 5) is 12.1. The number of carbonyl (C=O) groups is 1. The number of carbonyl (C=O) groups excluding carboxylic acids is 1. The molecule has 0 spiro atoms. The zero-order valence-electron chi connectivity index (χ0n) is 11.1. The van der Waals surface area contributed by atoms with E-state index in [4.69, 9.17) is 11.6 Å². The van der Waals surface area contributed by atoms with Gasteiger partial charge in [-0.2, -0.15) is 18.3 Å². The van der Waals surface area contributed by atoms with Gasteiger partial charge in [0.05, 0.1) is 21.8 Å². The third kappa shape index (κ3) is 3.18. The molecule has 0 unspecified atom stereocenters. The Morgan fingerprint density at radius 2 is 2.00 bits per heavy atom. The molecule has 8 heteroatoms. The minimum absolute atomic E-state index is 0.0109. The summed E-state index contributed by atoms with van der Waals surface area (Å²) in [7, 11) is 0. The molecule has 0 aliphatic heterocycles. The van der Waals surface area contributed by atoms with Gasteiger partial charge in [-0.15, -0.1) is 0 Å². The Kier molecular flexibility index (Phi) is 3.95. The minimum atomic E-state index is -4.58. The highest BCUT2D eigenvalue weighted by Crippen LogP contribution is 2.36. The third-order valence-corrected chi connectivity index (χ3v) is 3.21. The smallest absolute Gasteiger partial charge is 0.322 e. The van der Waals surface area contributed by atoms with Crippen LogP contribution in [0.25, 0.3) is 0 Å². The van der Waals surface area contributed by atoms with Gasteiger partial charge in [0.15, 0.2) is 0 Å². The SMILES string of the molecule is Cc1n[nH]c(C)c1C(=O)Nc1ccc(Cl)c(C(F)(F)F)c1. The lowest BCUT2D eigenvalue weighted by atomic mass is 10.1. The number of halogens is 4. The molecular weight excluding hydrogens is 307 g/mol. The molecular formula is C13H11ClF3N3O. The average molecular weight is 318 g/mol. The fourth-order valence-corrected chi connectivity index (χ4v) is 2.12. The summed E-state index contributed by atoms with van der Waals surface area (Å²) in [6.45, 7) is 3.28. The van der Waals surface area contributed by atoms with Crippen molar-refractivity contribution in [1.82, 2.24) is 10.2 Å². The summed E-state index contributed by atoms with van der Waals surface area (Å²) >= 11 is 5.52. The number of aryl methyl sites for hydroxylation is 2. The molecule has 2 rings (SSSR count). The highest BCUT2D eigenvalue weighted by Gasteiger charge is 2.33. The Bertz CT molecular complexity index is 675.